The Bertz CT molecular complexity index is 493. The van der Waals surface area contributed by atoms with Crippen LogP contribution in [-0.4, -0.2) is 5.91 Å². The molecule has 0 saturated carbocycles. The van der Waals surface area contributed by atoms with Crippen LogP contribution in [-0.2, 0) is 17.8 Å². The summed E-state index contributed by atoms with van der Waals surface area (Å²) in [5.41, 5.74) is 2.43. The number of amides is 1. The number of carbonyl (C=O) groups excluding carboxylic acids is 1. The highest BCUT2D eigenvalue weighted by Gasteiger charge is 2.01. The second-order valence-corrected chi connectivity index (χ2v) is 4.60. The summed E-state index contributed by atoms with van der Waals surface area (Å²) in [4.78, 5) is 11.7. The third-order valence-electron chi connectivity index (χ3n) is 3.04. The molecular weight excluding hydrogens is 233 g/mol. The van der Waals surface area contributed by atoms with Gasteiger partial charge in [-0.3, -0.25) is 4.79 Å². The highest BCUT2D eigenvalue weighted by Crippen LogP contribution is 2.04. The van der Waals surface area contributed by atoms with E-state index >= 15 is 0 Å². The largest absolute Gasteiger partial charge is 0.352 e. The average molecular weight is 252 g/mol. The predicted octanol–water partition coefficient (Wildman–Crippen LogP) is 3.33. The fourth-order valence-corrected chi connectivity index (χ4v) is 1.98. The van der Waals surface area contributed by atoms with Crippen molar-refractivity contribution >= 4 is 5.91 Å². The number of nitrogens with one attached hydrogen (secondary N) is 1. The van der Waals surface area contributed by atoms with Gasteiger partial charge in [0.05, 0.1) is 0 Å². The molecule has 0 radical (unpaired) electrons. The summed E-state index contributed by atoms with van der Waals surface area (Å²) < 4.78 is 0. The van der Waals surface area contributed by atoms with Crippen LogP contribution >= 0.6 is 0 Å². The minimum absolute atomic E-state index is 0.125. The van der Waals surface area contributed by atoms with Crippen LogP contribution in [0.1, 0.15) is 24.0 Å². The van der Waals surface area contributed by atoms with Crippen molar-refractivity contribution in [3.8, 4) is 0 Å². The summed E-state index contributed by atoms with van der Waals surface area (Å²) in [5.74, 6) is 0.125. The van der Waals surface area contributed by atoms with Crippen LogP contribution in [0.25, 0.3) is 0 Å². The summed E-state index contributed by atoms with van der Waals surface area (Å²) in [7, 11) is 0. The van der Waals surface area contributed by atoms with E-state index in [0.717, 1.165) is 18.4 Å². The van der Waals surface area contributed by atoms with Gasteiger partial charge in [0, 0.05) is 13.0 Å². The van der Waals surface area contributed by atoms with E-state index < -0.39 is 0 Å². The molecule has 0 saturated heterocycles. The van der Waals surface area contributed by atoms with Crippen LogP contribution in [0.4, 0.5) is 0 Å². The molecule has 98 valence electrons. The molecule has 1 N–H and O–H groups in total. The van der Waals surface area contributed by atoms with Crippen molar-refractivity contribution in [2.75, 3.05) is 0 Å². The Balaban J connectivity index is 1.65. The molecule has 0 spiro atoms. The second-order valence-electron chi connectivity index (χ2n) is 4.60. The fraction of sp³-hybridized carbons (Fsp3) is 0.235. The quantitative estimate of drug-likeness (QED) is 0.839. The predicted molar refractivity (Wildman–Crippen MR) is 77.7 cm³/mol. The Labute approximate surface area is 114 Å². The zero-order valence-electron chi connectivity index (χ0n) is 11.0. The molecule has 0 fully saturated rings. The Morgan fingerprint density at radius 3 is 2.05 bits per heavy atom. The Morgan fingerprint density at radius 1 is 0.842 bits per heavy atom. The third-order valence-corrected chi connectivity index (χ3v) is 3.04. The minimum atomic E-state index is 0.125. The zero-order valence-corrected chi connectivity index (χ0v) is 11.0. The van der Waals surface area contributed by atoms with Gasteiger partial charge in [-0.25, -0.2) is 0 Å². The summed E-state index contributed by atoms with van der Waals surface area (Å²) in [6.45, 7) is 0.616. The maximum absolute atomic E-state index is 11.7. The van der Waals surface area contributed by atoms with Crippen molar-refractivity contribution in [2.45, 2.75) is 25.8 Å². The van der Waals surface area contributed by atoms with Crippen LogP contribution in [0, 0.1) is 0 Å². The molecule has 0 aromatic heterocycles. The molecule has 1 amide bonds. The van der Waals surface area contributed by atoms with Crippen molar-refractivity contribution in [2.24, 2.45) is 0 Å². The molecule has 2 heteroatoms. The smallest absolute Gasteiger partial charge is 0.220 e. The Kier molecular flexibility index (Phi) is 5.17. The van der Waals surface area contributed by atoms with Crippen molar-refractivity contribution < 1.29 is 4.79 Å². The van der Waals surface area contributed by atoms with Crippen molar-refractivity contribution in [3.05, 3.63) is 71.8 Å². The summed E-state index contributed by atoms with van der Waals surface area (Å²) in [6.07, 6.45) is 2.44. The minimum Gasteiger partial charge on any atom is -0.352 e. The first-order valence-corrected chi connectivity index (χ1v) is 6.69. The lowest BCUT2D eigenvalue weighted by Gasteiger charge is -2.05. The maximum Gasteiger partial charge on any atom is 0.220 e. The number of hydrogen-bond acceptors (Lipinski definition) is 1. The van der Waals surface area contributed by atoms with Gasteiger partial charge in [-0.2, -0.15) is 0 Å². The lowest BCUT2D eigenvalue weighted by molar-refractivity contribution is -0.121. The van der Waals surface area contributed by atoms with E-state index in [1.165, 1.54) is 5.56 Å². The van der Waals surface area contributed by atoms with E-state index in [2.05, 4.69) is 17.4 Å². The van der Waals surface area contributed by atoms with E-state index in [0.29, 0.717) is 13.0 Å². The van der Waals surface area contributed by atoms with Crippen LogP contribution in [0.2, 0.25) is 0 Å². The number of benzene rings is 2. The summed E-state index contributed by atoms with van der Waals surface area (Å²) >= 11 is 0. The highest BCUT2D eigenvalue weighted by molar-refractivity contribution is 5.75. The monoisotopic (exact) mass is 252 g/mol. The van der Waals surface area contributed by atoms with Crippen molar-refractivity contribution in [3.63, 3.8) is 0 Å². The molecule has 2 rings (SSSR count). The van der Waals surface area contributed by atoms with E-state index in [4.69, 9.17) is 0 Å². The van der Waals surface area contributed by atoms with Crippen molar-refractivity contribution in [1.82, 2.24) is 5.32 Å². The van der Waals surface area contributed by atoms with Gasteiger partial charge >= 0.3 is 0 Å². The van der Waals surface area contributed by atoms with Gasteiger partial charge in [0.25, 0.3) is 0 Å². The lowest BCUT2D eigenvalue weighted by atomic mass is 9.90. The molecule has 2 nitrogen and oxygen atoms in total. The van der Waals surface area contributed by atoms with Gasteiger partial charge in [0.15, 0.2) is 0 Å². The number of hydrogen-bond donors (Lipinski definition) is 1. The number of rotatable bonds is 6. The van der Waals surface area contributed by atoms with Gasteiger partial charge in [-0.15, -0.1) is 0 Å². The lowest BCUT2D eigenvalue weighted by Crippen LogP contribution is -2.22. The fourth-order valence-electron chi connectivity index (χ4n) is 1.98. The maximum atomic E-state index is 11.7. The van der Waals surface area contributed by atoms with E-state index in [-0.39, 0.29) is 5.91 Å². The SMILES string of the molecule is O=[11C](CCCc1ccccc1)NCc1ccccc1. The highest BCUT2D eigenvalue weighted by atomic mass is 16.1. The van der Waals surface area contributed by atoms with Gasteiger partial charge in [-0.05, 0) is 24.0 Å². The number of aryl methyl sites for hydroxylation is 1. The Morgan fingerprint density at radius 2 is 1.42 bits per heavy atom. The third kappa shape index (κ3) is 4.96. The van der Waals surface area contributed by atoms with Crippen LogP contribution in [0.5, 0.6) is 0 Å². The van der Waals surface area contributed by atoms with E-state index in [1.807, 2.05) is 48.5 Å². The first-order chi connectivity index (χ1) is 9.34. The van der Waals surface area contributed by atoms with Gasteiger partial charge in [0.2, 0.25) is 5.91 Å². The molecule has 0 aliphatic carbocycles. The summed E-state index contributed by atoms with van der Waals surface area (Å²) in [6, 6.07) is 20.3. The molecule has 2 aromatic carbocycles. The zero-order chi connectivity index (χ0) is 13.3. The Hall–Kier alpha value is -2.09. The molecule has 0 unspecified atom stereocenters. The first-order valence-electron chi connectivity index (χ1n) is 6.69. The van der Waals surface area contributed by atoms with Gasteiger partial charge < -0.3 is 5.32 Å². The summed E-state index contributed by atoms with van der Waals surface area (Å²) in [5, 5.41) is 2.95. The molecule has 0 aliphatic rings. The van der Waals surface area contributed by atoms with Crippen LogP contribution < -0.4 is 5.32 Å². The molecule has 19 heavy (non-hydrogen) atoms. The molecule has 2 aromatic rings. The van der Waals surface area contributed by atoms with Crippen molar-refractivity contribution in [1.29, 1.82) is 0 Å². The molecule has 0 heterocycles. The van der Waals surface area contributed by atoms with Crippen LogP contribution in [0.3, 0.4) is 0 Å². The van der Waals surface area contributed by atoms with E-state index in [1.54, 1.807) is 0 Å². The van der Waals surface area contributed by atoms with Gasteiger partial charge in [-0.1, -0.05) is 60.7 Å². The average Bonchev–Trinajstić information content (AvgIpc) is 2.47. The molecular formula is C17H19NO. The molecule has 0 atom stereocenters. The number of carbonyl (C=O) groups is 1. The van der Waals surface area contributed by atoms with Gasteiger partial charge in [0.1, 0.15) is 0 Å². The molecule has 0 bridgehead atoms. The second kappa shape index (κ2) is 7.37. The van der Waals surface area contributed by atoms with Crippen LogP contribution in [0.15, 0.2) is 60.7 Å². The topological polar surface area (TPSA) is 29.1 Å². The molecule has 0 aliphatic heterocycles. The normalized spacial score (nSPS) is 10.1. The van der Waals surface area contributed by atoms with E-state index in [9.17, 15) is 4.79 Å². The standard InChI is InChI=1S/C17H19NO/c19-17(18-14-16-10-5-2-6-11-16)13-7-12-15-8-3-1-4-9-15/h1-6,8-11H,7,12-14H2,(H,18,19)/i17-1. The first kappa shape index (κ1) is 13.3.